The molecule has 0 spiro atoms. The van der Waals surface area contributed by atoms with Crippen molar-refractivity contribution in [2.24, 2.45) is 0 Å². The molecular weight excluding hydrogens is 1280 g/mol. The Balaban J connectivity index is 0.540. The summed E-state index contributed by atoms with van der Waals surface area (Å²) < 4.78 is 73.0. The van der Waals surface area contributed by atoms with E-state index >= 15 is 0 Å². The van der Waals surface area contributed by atoms with E-state index in [0.29, 0.717) is 161 Å². The predicted octanol–water partition coefficient (Wildman–Crippen LogP) is 5.59. The lowest BCUT2D eigenvalue weighted by Crippen LogP contribution is -2.54. The molecule has 6 aliphatic rings. The minimum atomic E-state index is -3.88. The number of hydrogen-bond donors (Lipinski definition) is 8. The second kappa shape index (κ2) is 32.3. The van der Waals surface area contributed by atoms with E-state index in [-0.39, 0.29) is 70.7 Å². The van der Waals surface area contributed by atoms with Crippen LogP contribution >= 0.6 is 23.2 Å². The topological polar surface area (TPSA) is 312 Å². The third-order valence-corrected chi connectivity index (χ3v) is 22.1. The van der Waals surface area contributed by atoms with Crippen molar-refractivity contribution in [1.29, 1.82) is 10.5 Å². The molecule has 4 aromatic rings. The molecule has 10 rings (SSSR count). The van der Waals surface area contributed by atoms with Gasteiger partial charge in [0, 0.05) is 139 Å². The molecule has 506 valence electrons. The number of sulfonamides is 2. The summed E-state index contributed by atoms with van der Waals surface area (Å²) in [6.07, 6.45) is 4.83. The van der Waals surface area contributed by atoms with Gasteiger partial charge in [-0.1, -0.05) is 23.2 Å². The number of halogens is 2. The average molecular weight is 1370 g/mol. The highest BCUT2D eigenvalue weighted by Gasteiger charge is 2.43. The van der Waals surface area contributed by atoms with Gasteiger partial charge in [0.2, 0.25) is 31.9 Å². The van der Waals surface area contributed by atoms with Gasteiger partial charge in [-0.05, 0) is 173 Å². The molecule has 4 heterocycles. The van der Waals surface area contributed by atoms with Crippen molar-refractivity contribution in [3.8, 4) is 23.6 Å². The number of benzene rings is 4. The van der Waals surface area contributed by atoms with Gasteiger partial charge in [-0.3, -0.25) is 19.4 Å². The van der Waals surface area contributed by atoms with E-state index in [9.17, 15) is 46.5 Å². The van der Waals surface area contributed by atoms with E-state index in [2.05, 4.69) is 77.1 Å². The van der Waals surface area contributed by atoms with Crippen LogP contribution in [0.5, 0.6) is 11.5 Å². The number of urea groups is 2. The molecule has 4 aliphatic heterocycles. The molecule has 4 saturated heterocycles. The van der Waals surface area contributed by atoms with Crippen molar-refractivity contribution in [1.82, 2.24) is 60.9 Å². The average Bonchev–Trinajstić information content (AvgIpc) is 1.62. The lowest BCUT2D eigenvalue weighted by Gasteiger charge is -2.38. The van der Waals surface area contributed by atoms with Gasteiger partial charge in [0.05, 0.1) is 45.1 Å². The van der Waals surface area contributed by atoms with Crippen molar-refractivity contribution >= 4 is 67.1 Å². The Labute approximate surface area is 561 Å². The predicted molar refractivity (Wildman–Crippen MR) is 355 cm³/mol. The van der Waals surface area contributed by atoms with Gasteiger partial charge < -0.3 is 51.2 Å². The van der Waals surface area contributed by atoms with Gasteiger partial charge in [-0.2, -0.15) is 10.5 Å². The van der Waals surface area contributed by atoms with Crippen LogP contribution in [-0.2, 0) is 42.5 Å². The maximum Gasteiger partial charge on any atom is 0.314 e. The molecule has 4 aromatic carbocycles. The Morgan fingerprint density at radius 2 is 0.904 bits per heavy atom. The Morgan fingerprint density at radius 1 is 0.543 bits per heavy atom. The molecule has 0 aromatic heterocycles. The van der Waals surface area contributed by atoms with E-state index in [4.69, 9.17) is 32.7 Å². The number of amides is 6. The summed E-state index contributed by atoms with van der Waals surface area (Å²) >= 11 is 12.9. The zero-order valence-electron chi connectivity index (χ0n) is 53.3. The summed E-state index contributed by atoms with van der Waals surface area (Å²) in [6, 6.07) is 23.5. The number of nitrogens with zero attached hydrogens (tertiary/aromatic N) is 6. The van der Waals surface area contributed by atoms with Crippen molar-refractivity contribution in [2.75, 3.05) is 91.6 Å². The van der Waals surface area contributed by atoms with E-state index < -0.39 is 32.3 Å². The highest BCUT2D eigenvalue weighted by molar-refractivity contribution is 7.89. The molecule has 0 unspecified atom stereocenters. The fourth-order valence-corrected chi connectivity index (χ4v) is 16.8. The number of piperazine rings is 2. The minimum absolute atomic E-state index is 0.0310. The standard InChI is InChI=1S/C66H86Cl2N14O10S2/c1-43-41-81(31-25-71-43)59-37-55-45(39-69)33-47(67)35-57(55)63(59)91-51-9-13-53(14-10-51)93(87,88)77-49-17-27-79(28-18-49)61(83)7-5-23-75-65(85)73-21-3-4-22-74-66(86)76-24-6-8-62(84)80-29-19-50(20-30-80)78-94(89,90)54-15-11-52(12-16-54)92-64-58-36-48(68)34-46(40-70)56(58)38-60(64)82-32-26-72-44(2)42-82/h9-16,33-36,43-44,49-50,59-60,63-64,71-72,77-78H,3-8,17-32,37-38,41-42H2,1-2H3,(H2,73,75,85)(H2,74,76,86)/t43-,44-,59+,60+,63+,64+/m1/s1. The lowest BCUT2D eigenvalue weighted by molar-refractivity contribution is -0.133. The summed E-state index contributed by atoms with van der Waals surface area (Å²) in [4.78, 5) is 59.3. The second-order valence-corrected chi connectivity index (χ2v) is 29.7. The SMILES string of the molecule is C[C@@H]1CN([C@H]2Cc3c(C#N)cc(Cl)cc3[C@@H]2Oc2ccc(S(=O)(=O)NC3CCN(C(=O)CCCNC(=O)NCCCCNC(=O)NCCCC(=O)N4CCC(NS(=O)(=O)c5ccc(O[C@H]6c7cc(Cl)cc(C#N)c7C[C@@H]6N6CCN[C@H](C)C6)cc5)CC4)CC3)cc2)CCN1. The number of piperidine rings is 2. The van der Waals surface area contributed by atoms with Crippen LogP contribution in [0.4, 0.5) is 9.59 Å². The first-order valence-electron chi connectivity index (χ1n) is 32.8. The van der Waals surface area contributed by atoms with E-state index in [1.54, 1.807) is 46.2 Å². The maximum atomic E-state index is 13.5. The molecule has 0 saturated carbocycles. The van der Waals surface area contributed by atoms with E-state index in [0.717, 1.165) is 61.5 Å². The van der Waals surface area contributed by atoms with Gasteiger partial charge in [0.25, 0.3) is 0 Å². The van der Waals surface area contributed by atoms with Crippen molar-refractivity contribution in [3.05, 3.63) is 116 Å². The molecule has 2 aliphatic carbocycles. The molecule has 94 heavy (non-hydrogen) atoms. The second-order valence-electron chi connectivity index (χ2n) is 25.4. The van der Waals surface area contributed by atoms with Crippen LogP contribution in [-0.4, -0.2) is 188 Å². The monoisotopic (exact) mass is 1370 g/mol. The molecule has 24 nitrogen and oxygen atoms in total. The van der Waals surface area contributed by atoms with Gasteiger partial charge >= 0.3 is 12.1 Å². The number of ether oxygens (including phenoxy) is 2. The Kier molecular flexibility index (Phi) is 24.0. The fourth-order valence-electron chi connectivity index (χ4n) is 13.7. The van der Waals surface area contributed by atoms with Gasteiger partial charge in [0.15, 0.2) is 0 Å². The highest BCUT2D eigenvalue weighted by atomic mass is 35.5. The van der Waals surface area contributed by atoms with Gasteiger partial charge in [-0.15, -0.1) is 0 Å². The zero-order valence-corrected chi connectivity index (χ0v) is 56.4. The van der Waals surface area contributed by atoms with Crippen LogP contribution in [0.3, 0.4) is 0 Å². The van der Waals surface area contributed by atoms with Crippen molar-refractivity contribution < 1.29 is 45.5 Å². The van der Waals surface area contributed by atoms with Gasteiger partial charge in [0.1, 0.15) is 23.7 Å². The van der Waals surface area contributed by atoms with Crippen molar-refractivity contribution in [3.63, 3.8) is 0 Å². The highest BCUT2D eigenvalue weighted by Crippen LogP contribution is 2.43. The molecule has 8 N–H and O–H groups in total. The fraction of sp³-hybridized carbons (Fsp3) is 0.545. The van der Waals surface area contributed by atoms with E-state index in [1.807, 2.05) is 12.1 Å². The number of carbonyl (C=O) groups is 4. The number of fused-ring (bicyclic) bond motifs is 2. The number of carbonyl (C=O) groups excluding carboxylic acids is 4. The number of rotatable bonds is 25. The summed E-state index contributed by atoms with van der Waals surface area (Å²) in [6.45, 7) is 12.2. The summed E-state index contributed by atoms with van der Waals surface area (Å²) in [5.41, 5.74) is 4.65. The third kappa shape index (κ3) is 18.2. The Bertz CT molecular complexity index is 3420. The van der Waals surface area contributed by atoms with Crippen LogP contribution in [0.1, 0.15) is 124 Å². The molecule has 0 radical (unpaired) electrons. The largest absolute Gasteiger partial charge is 0.484 e. The molecule has 6 amide bonds. The smallest absolute Gasteiger partial charge is 0.314 e. The molecular formula is C66H86Cl2N14O10S2. The summed E-state index contributed by atoms with van der Waals surface area (Å²) in [5, 5.41) is 38.8. The Morgan fingerprint density at radius 3 is 1.26 bits per heavy atom. The van der Waals surface area contributed by atoms with Crippen LogP contribution in [0.15, 0.2) is 82.6 Å². The zero-order chi connectivity index (χ0) is 66.5. The summed E-state index contributed by atoms with van der Waals surface area (Å²) in [5.74, 6) is 0.871. The number of nitriles is 2. The quantitative estimate of drug-likeness (QED) is 0.0375. The number of nitrogens with one attached hydrogen (secondary N) is 8. The van der Waals surface area contributed by atoms with Crippen LogP contribution in [0.2, 0.25) is 10.0 Å². The number of likely N-dealkylation sites (tertiary alicyclic amines) is 2. The Hall–Kier alpha value is -6.82. The van der Waals surface area contributed by atoms with Crippen molar-refractivity contribution in [2.45, 2.75) is 149 Å². The molecule has 0 bridgehead atoms. The van der Waals surface area contributed by atoms with Crippen LogP contribution in [0, 0.1) is 22.7 Å². The third-order valence-electron chi connectivity index (χ3n) is 18.6. The first-order valence-corrected chi connectivity index (χ1v) is 36.5. The van der Waals surface area contributed by atoms with Gasteiger partial charge in [-0.25, -0.2) is 35.9 Å². The normalized spacial score (nSPS) is 22.1. The molecule has 4 fully saturated rings. The first-order chi connectivity index (χ1) is 45.2. The molecule has 28 heteroatoms. The van der Waals surface area contributed by atoms with Crippen LogP contribution < -0.4 is 50.8 Å². The summed E-state index contributed by atoms with van der Waals surface area (Å²) in [7, 11) is -7.76. The number of hydrogen-bond acceptors (Lipinski definition) is 16. The number of unbranched alkanes of at least 4 members (excludes halogenated alkanes) is 1. The van der Waals surface area contributed by atoms with Crippen LogP contribution in [0.25, 0.3) is 0 Å². The first kappa shape index (κ1) is 70.0. The van der Waals surface area contributed by atoms with E-state index in [1.165, 1.54) is 24.3 Å². The maximum absolute atomic E-state index is 13.5. The molecule has 6 atom stereocenters. The lowest BCUT2D eigenvalue weighted by atomic mass is 10.0. The minimum Gasteiger partial charge on any atom is -0.484 e.